The first-order valence-corrected chi connectivity index (χ1v) is 10.8. The minimum Gasteiger partial charge on any atom is -0.379 e. The maximum absolute atomic E-state index is 13.4. The van der Waals surface area contributed by atoms with Crippen LogP contribution in [0.3, 0.4) is 0 Å². The molecule has 2 bridgehead atoms. The zero-order valence-corrected chi connectivity index (χ0v) is 17.3. The van der Waals surface area contributed by atoms with Gasteiger partial charge in [0.25, 0.3) is 11.5 Å². The molecule has 5 rings (SSSR count). The molecule has 2 aromatic rings. The molecule has 0 unspecified atom stereocenters. The molecule has 1 saturated carbocycles. The number of benzene rings is 1. The molecule has 1 aromatic heterocycles. The van der Waals surface area contributed by atoms with Crippen LogP contribution in [-0.2, 0) is 16.6 Å². The van der Waals surface area contributed by atoms with Gasteiger partial charge in [-0.1, -0.05) is 24.6 Å². The lowest BCUT2D eigenvalue weighted by atomic mass is 9.84. The Labute approximate surface area is 175 Å². The molecule has 0 N–H and O–H groups in total. The topological polar surface area (TPSA) is 71.9 Å². The fourth-order valence-electron chi connectivity index (χ4n) is 4.91. The van der Waals surface area contributed by atoms with Gasteiger partial charge in [0.05, 0.1) is 24.8 Å². The molecule has 7 heteroatoms. The summed E-state index contributed by atoms with van der Waals surface area (Å²) >= 11 is 0. The van der Waals surface area contributed by atoms with Gasteiger partial charge in [-0.25, -0.2) is 0 Å². The molecular formula is C23H27N3O4. The summed E-state index contributed by atoms with van der Waals surface area (Å²) in [5.74, 6) is 0.143. The van der Waals surface area contributed by atoms with Crippen LogP contribution in [-0.4, -0.2) is 65.1 Å². The van der Waals surface area contributed by atoms with E-state index in [1.807, 2.05) is 29.2 Å². The highest BCUT2D eigenvalue weighted by atomic mass is 16.5. The van der Waals surface area contributed by atoms with E-state index >= 15 is 0 Å². The summed E-state index contributed by atoms with van der Waals surface area (Å²) in [5, 5.41) is 0.864. The molecule has 0 radical (unpaired) electrons. The Morgan fingerprint density at radius 1 is 1.07 bits per heavy atom. The van der Waals surface area contributed by atoms with Crippen molar-refractivity contribution in [2.24, 2.45) is 18.9 Å². The number of pyridine rings is 1. The van der Waals surface area contributed by atoms with E-state index in [2.05, 4.69) is 0 Å². The summed E-state index contributed by atoms with van der Waals surface area (Å²) in [6.07, 6.45) is 3.04. The quantitative estimate of drug-likeness (QED) is 0.756. The van der Waals surface area contributed by atoms with Gasteiger partial charge in [0.15, 0.2) is 0 Å². The van der Waals surface area contributed by atoms with Crippen LogP contribution in [0.25, 0.3) is 10.9 Å². The van der Waals surface area contributed by atoms with Gasteiger partial charge < -0.3 is 19.1 Å². The third-order valence-corrected chi connectivity index (χ3v) is 6.86. The molecule has 3 fully saturated rings. The highest BCUT2D eigenvalue weighted by Crippen LogP contribution is 2.31. The van der Waals surface area contributed by atoms with E-state index in [1.54, 1.807) is 18.0 Å². The van der Waals surface area contributed by atoms with E-state index in [-0.39, 0.29) is 40.8 Å². The first kappa shape index (κ1) is 19.3. The number of hydrogen-bond acceptors (Lipinski definition) is 4. The van der Waals surface area contributed by atoms with Crippen molar-refractivity contribution in [2.45, 2.75) is 25.3 Å². The number of aryl methyl sites for hydroxylation is 1. The number of para-hydroxylation sites is 1. The lowest BCUT2D eigenvalue weighted by Gasteiger charge is -2.35. The zero-order chi connectivity index (χ0) is 20.8. The SMILES string of the molecule is Cn1c(=O)c(C(=O)N2C[C@@H]3COC[C@H](C2)N(C(=O)C2CCC2)C3)cc2ccccc21. The molecule has 158 valence electrons. The zero-order valence-electron chi connectivity index (χ0n) is 17.3. The van der Waals surface area contributed by atoms with Gasteiger partial charge in [0.2, 0.25) is 5.91 Å². The van der Waals surface area contributed by atoms with E-state index in [0.29, 0.717) is 32.8 Å². The van der Waals surface area contributed by atoms with Crippen molar-refractivity contribution in [1.82, 2.24) is 14.4 Å². The van der Waals surface area contributed by atoms with Crippen LogP contribution in [0.1, 0.15) is 29.6 Å². The molecule has 3 aliphatic rings. The Morgan fingerprint density at radius 3 is 2.63 bits per heavy atom. The van der Waals surface area contributed by atoms with Crippen LogP contribution in [0, 0.1) is 11.8 Å². The number of carbonyl (C=O) groups is 2. The molecule has 2 amide bonds. The molecule has 7 nitrogen and oxygen atoms in total. The van der Waals surface area contributed by atoms with Crippen LogP contribution in [0.2, 0.25) is 0 Å². The second-order valence-corrected chi connectivity index (χ2v) is 8.87. The summed E-state index contributed by atoms with van der Waals surface area (Å²) < 4.78 is 7.35. The number of hydrogen-bond donors (Lipinski definition) is 0. The van der Waals surface area contributed by atoms with E-state index in [0.717, 1.165) is 30.2 Å². The number of rotatable bonds is 2. The van der Waals surface area contributed by atoms with Gasteiger partial charge >= 0.3 is 0 Å². The van der Waals surface area contributed by atoms with Crippen molar-refractivity contribution in [3.63, 3.8) is 0 Å². The number of ether oxygens (including phenoxy) is 1. The van der Waals surface area contributed by atoms with Gasteiger partial charge in [0, 0.05) is 38.5 Å². The van der Waals surface area contributed by atoms with Gasteiger partial charge in [-0.3, -0.25) is 14.4 Å². The van der Waals surface area contributed by atoms with E-state index < -0.39 is 0 Å². The summed E-state index contributed by atoms with van der Waals surface area (Å²) in [6, 6.07) is 9.12. The number of amides is 2. The standard InChI is InChI=1S/C23H27N3O4/c1-24-20-8-3-2-5-17(20)9-19(22(24)28)23(29)25-10-15-11-26(18(12-25)14-30-13-15)21(27)16-6-4-7-16/h2-3,5,8-9,15-16,18H,4,6-7,10-14H2,1H3/t15-,18-/m0/s1. The fraction of sp³-hybridized carbons (Fsp3) is 0.522. The highest BCUT2D eigenvalue weighted by molar-refractivity contribution is 5.97. The van der Waals surface area contributed by atoms with E-state index in [9.17, 15) is 14.4 Å². The van der Waals surface area contributed by atoms with Gasteiger partial charge in [0.1, 0.15) is 5.56 Å². The molecule has 2 saturated heterocycles. The maximum atomic E-state index is 13.4. The summed E-state index contributed by atoms with van der Waals surface area (Å²) in [5.41, 5.74) is 0.707. The fourth-order valence-corrected chi connectivity index (χ4v) is 4.91. The van der Waals surface area contributed by atoms with Crippen LogP contribution in [0.4, 0.5) is 0 Å². The maximum Gasteiger partial charge on any atom is 0.263 e. The van der Waals surface area contributed by atoms with Crippen LogP contribution in [0.15, 0.2) is 35.1 Å². The minimum atomic E-state index is -0.285. The lowest BCUT2D eigenvalue weighted by molar-refractivity contribution is -0.140. The number of fused-ring (bicyclic) bond motifs is 4. The van der Waals surface area contributed by atoms with Gasteiger partial charge in [-0.15, -0.1) is 0 Å². The number of aromatic nitrogens is 1. The predicted molar refractivity (Wildman–Crippen MR) is 112 cm³/mol. The molecular weight excluding hydrogens is 382 g/mol. The van der Waals surface area contributed by atoms with Crippen molar-refractivity contribution in [3.05, 3.63) is 46.2 Å². The van der Waals surface area contributed by atoms with Crippen LogP contribution < -0.4 is 5.56 Å². The van der Waals surface area contributed by atoms with Crippen LogP contribution >= 0.6 is 0 Å². The largest absolute Gasteiger partial charge is 0.379 e. The predicted octanol–water partition coefficient (Wildman–Crippen LogP) is 1.64. The molecule has 2 atom stereocenters. The van der Waals surface area contributed by atoms with E-state index in [1.165, 1.54) is 4.57 Å². The van der Waals surface area contributed by atoms with Crippen LogP contribution in [0.5, 0.6) is 0 Å². The highest BCUT2D eigenvalue weighted by Gasteiger charge is 2.40. The van der Waals surface area contributed by atoms with Gasteiger partial charge in [-0.05, 0) is 30.4 Å². The third-order valence-electron chi connectivity index (χ3n) is 6.86. The summed E-state index contributed by atoms with van der Waals surface area (Å²) in [7, 11) is 1.70. The Kier molecular flexibility index (Phi) is 4.85. The van der Waals surface area contributed by atoms with E-state index in [4.69, 9.17) is 4.74 Å². The first-order valence-electron chi connectivity index (χ1n) is 10.8. The number of carbonyl (C=O) groups excluding carboxylic acids is 2. The first-order chi connectivity index (χ1) is 14.5. The average molecular weight is 409 g/mol. The van der Waals surface area contributed by atoms with Crippen molar-refractivity contribution in [3.8, 4) is 0 Å². The second-order valence-electron chi connectivity index (χ2n) is 8.87. The monoisotopic (exact) mass is 409 g/mol. The molecule has 1 aromatic carbocycles. The molecule has 2 aliphatic heterocycles. The Bertz CT molecular complexity index is 1060. The summed E-state index contributed by atoms with van der Waals surface area (Å²) in [4.78, 5) is 43.1. The molecule has 0 spiro atoms. The lowest BCUT2D eigenvalue weighted by Crippen LogP contribution is -2.50. The third kappa shape index (κ3) is 3.21. The minimum absolute atomic E-state index is 0.0646. The Hall–Kier alpha value is -2.67. The average Bonchev–Trinajstić information content (AvgIpc) is 3.00. The molecule has 30 heavy (non-hydrogen) atoms. The Morgan fingerprint density at radius 2 is 1.87 bits per heavy atom. The smallest absolute Gasteiger partial charge is 0.263 e. The molecule has 3 heterocycles. The second kappa shape index (κ2) is 7.54. The molecule has 1 aliphatic carbocycles. The van der Waals surface area contributed by atoms with Crippen molar-refractivity contribution in [2.75, 3.05) is 32.8 Å². The van der Waals surface area contributed by atoms with Gasteiger partial charge in [-0.2, -0.15) is 0 Å². The van der Waals surface area contributed by atoms with Crippen molar-refractivity contribution in [1.29, 1.82) is 0 Å². The Balaban J connectivity index is 1.46. The van der Waals surface area contributed by atoms with Crippen molar-refractivity contribution >= 4 is 22.7 Å². The summed E-state index contributed by atoms with van der Waals surface area (Å²) in [6.45, 7) is 2.50. The van der Waals surface area contributed by atoms with Crippen molar-refractivity contribution < 1.29 is 14.3 Å². The normalized spacial score (nSPS) is 24.4. The number of nitrogens with zero attached hydrogens (tertiary/aromatic N) is 3.